The molecule has 0 spiro atoms. The molecule has 0 amide bonds. The highest BCUT2D eigenvalue weighted by molar-refractivity contribution is 4.74. The Labute approximate surface area is 82.5 Å². The largest absolute Gasteiger partial charge is 0.396 e. The monoisotopic (exact) mass is 184 g/mol. The number of hydrogen-bond donors (Lipinski definition) is 1. The highest BCUT2D eigenvalue weighted by atomic mass is 16.3. The van der Waals surface area contributed by atoms with Crippen LogP contribution in [0.3, 0.4) is 0 Å². The van der Waals surface area contributed by atoms with Gasteiger partial charge < -0.3 is 5.11 Å². The van der Waals surface area contributed by atoms with Crippen LogP contribution >= 0.6 is 0 Å². The number of aliphatic hydroxyl groups is 1. The smallest absolute Gasteiger partial charge is 0.0462 e. The predicted molar refractivity (Wildman–Crippen MR) is 56.6 cm³/mol. The van der Waals surface area contributed by atoms with Crippen LogP contribution in [0.25, 0.3) is 0 Å². The molecule has 0 heterocycles. The van der Waals surface area contributed by atoms with Gasteiger partial charge in [0.2, 0.25) is 0 Å². The molecule has 1 aliphatic rings. The van der Waals surface area contributed by atoms with Gasteiger partial charge >= 0.3 is 0 Å². The molecule has 2 atom stereocenters. The Hall–Kier alpha value is -0.0400. The van der Waals surface area contributed by atoms with E-state index in [-0.39, 0.29) is 0 Å². The van der Waals surface area contributed by atoms with E-state index in [2.05, 4.69) is 13.8 Å². The molecule has 1 heteroatoms. The SMILES string of the molecule is CC(C)[C@@H]1CCCCCC[C@H]1CO. The lowest BCUT2D eigenvalue weighted by Crippen LogP contribution is -2.24. The molecule has 0 radical (unpaired) electrons. The Kier molecular flexibility index (Phi) is 4.79. The summed E-state index contributed by atoms with van der Waals surface area (Å²) in [7, 11) is 0. The zero-order valence-electron chi connectivity index (χ0n) is 9.13. The Morgan fingerprint density at radius 3 is 2.23 bits per heavy atom. The van der Waals surface area contributed by atoms with Crippen molar-refractivity contribution in [1.82, 2.24) is 0 Å². The van der Waals surface area contributed by atoms with Gasteiger partial charge in [-0.1, -0.05) is 39.5 Å². The third kappa shape index (κ3) is 3.30. The summed E-state index contributed by atoms with van der Waals surface area (Å²) < 4.78 is 0. The molecule has 0 unspecified atom stereocenters. The van der Waals surface area contributed by atoms with Crippen LogP contribution in [-0.2, 0) is 0 Å². The van der Waals surface area contributed by atoms with Crippen LogP contribution in [0.4, 0.5) is 0 Å². The minimum atomic E-state index is 0.406. The van der Waals surface area contributed by atoms with E-state index in [1.807, 2.05) is 0 Å². The maximum Gasteiger partial charge on any atom is 0.0462 e. The first-order valence-electron chi connectivity index (χ1n) is 5.86. The van der Waals surface area contributed by atoms with E-state index in [0.29, 0.717) is 12.5 Å². The lowest BCUT2D eigenvalue weighted by atomic mass is 9.76. The summed E-state index contributed by atoms with van der Waals surface area (Å²) in [5, 5.41) is 9.33. The van der Waals surface area contributed by atoms with E-state index >= 15 is 0 Å². The van der Waals surface area contributed by atoms with E-state index in [9.17, 15) is 5.11 Å². The molecule has 1 fully saturated rings. The molecular formula is C12H24O. The molecular weight excluding hydrogens is 160 g/mol. The molecule has 1 nitrogen and oxygen atoms in total. The molecule has 0 aromatic rings. The van der Waals surface area contributed by atoms with Gasteiger partial charge in [-0.3, -0.25) is 0 Å². The van der Waals surface area contributed by atoms with E-state index in [0.717, 1.165) is 11.8 Å². The van der Waals surface area contributed by atoms with E-state index in [1.165, 1.54) is 38.5 Å². The van der Waals surface area contributed by atoms with Crippen LogP contribution in [0, 0.1) is 17.8 Å². The molecule has 0 bridgehead atoms. The van der Waals surface area contributed by atoms with Gasteiger partial charge in [-0.25, -0.2) is 0 Å². The Morgan fingerprint density at radius 1 is 1.08 bits per heavy atom. The summed E-state index contributed by atoms with van der Waals surface area (Å²) in [6, 6.07) is 0. The average Bonchev–Trinajstić information content (AvgIpc) is 2.03. The third-order valence-corrected chi connectivity index (χ3v) is 3.56. The Balaban J connectivity index is 2.50. The van der Waals surface area contributed by atoms with Gasteiger partial charge in [0, 0.05) is 6.61 Å². The first-order valence-corrected chi connectivity index (χ1v) is 5.86. The molecule has 1 N–H and O–H groups in total. The van der Waals surface area contributed by atoms with Crippen LogP contribution < -0.4 is 0 Å². The van der Waals surface area contributed by atoms with Gasteiger partial charge in [0.25, 0.3) is 0 Å². The summed E-state index contributed by atoms with van der Waals surface area (Å²) in [4.78, 5) is 0. The third-order valence-electron chi connectivity index (χ3n) is 3.56. The van der Waals surface area contributed by atoms with Gasteiger partial charge in [0.1, 0.15) is 0 Å². The fourth-order valence-corrected chi connectivity index (χ4v) is 2.69. The van der Waals surface area contributed by atoms with Crippen LogP contribution in [0.2, 0.25) is 0 Å². The minimum Gasteiger partial charge on any atom is -0.396 e. The quantitative estimate of drug-likeness (QED) is 0.698. The van der Waals surface area contributed by atoms with Crippen molar-refractivity contribution >= 4 is 0 Å². The van der Waals surface area contributed by atoms with Crippen LogP contribution in [0.15, 0.2) is 0 Å². The lowest BCUT2D eigenvalue weighted by Gasteiger charge is -2.30. The highest BCUT2D eigenvalue weighted by Gasteiger charge is 2.24. The second-order valence-electron chi connectivity index (χ2n) is 4.84. The van der Waals surface area contributed by atoms with Crippen molar-refractivity contribution in [3.8, 4) is 0 Å². The second kappa shape index (κ2) is 5.64. The number of rotatable bonds is 2. The normalized spacial score (nSPS) is 31.4. The predicted octanol–water partition coefficient (Wildman–Crippen LogP) is 3.22. The van der Waals surface area contributed by atoms with Gasteiger partial charge in [0.15, 0.2) is 0 Å². The van der Waals surface area contributed by atoms with Gasteiger partial charge in [-0.05, 0) is 30.6 Å². The number of hydrogen-bond acceptors (Lipinski definition) is 1. The molecule has 0 aliphatic heterocycles. The fraction of sp³-hybridized carbons (Fsp3) is 1.00. The molecule has 1 rings (SSSR count). The summed E-state index contributed by atoms with van der Waals surface area (Å²) in [6.07, 6.45) is 8.07. The number of aliphatic hydroxyl groups excluding tert-OH is 1. The van der Waals surface area contributed by atoms with E-state index in [4.69, 9.17) is 0 Å². The van der Waals surface area contributed by atoms with Gasteiger partial charge in [-0.15, -0.1) is 0 Å². The van der Waals surface area contributed by atoms with E-state index in [1.54, 1.807) is 0 Å². The highest BCUT2D eigenvalue weighted by Crippen LogP contribution is 2.32. The van der Waals surface area contributed by atoms with Crippen molar-refractivity contribution in [3.05, 3.63) is 0 Å². The molecule has 0 aromatic carbocycles. The average molecular weight is 184 g/mol. The van der Waals surface area contributed by atoms with Gasteiger partial charge in [-0.2, -0.15) is 0 Å². The fourth-order valence-electron chi connectivity index (χ4n) is 2.69. The van der Waals surface area contributed by atoms with Crippen LogP contribution in [-0.4, -0.2) is 11.7 Å². The molecule has 1 saturated carbocycles. The summed E-state index contributed by atoms with van der Waals surface area (Å²) >= 11 is 0. The molecule has 0 aromatic heterocycles. The molecule has 0 saturated heterocycles. The van der Waals surface area contributed by atoms with Crippen LogP contribution in [0.1, 0.15) is 52.4 Å². The van der Waals surface area contributed by atoms with Crippen molar-refractivity contribution < 1.29 is 5.11 Å². The maximum atomic E-state index is 9.33. The topological polar surface area (TPSA) is 20.2 Å². The van der Waals surface area contributed by atoms with Crippen molar-refractivity contribution in [3.63, 3.8) is 0 Å². The van der Waals surface area contributed by atoms with E-state index < -0.39 is 0 Å². The van der Waals surface area contributed by atoms with Crippen molar-refractivity contribution in [2.24, 2.45) is 17.8 Å². The lowest BCUT2D eigenvalue weighted by molar-refractivity contribution is 0.120. The molecule has 13 heavy (non-hydrogen) atoms. The zero-order chi connectivity index (χ0) is 9.68. The van der Waals surface area contributed by atoms with Crippen LogP contribution in [0.5, 0.6) is 0 Å². The Bertz CT molecular complexity index is 131. The minimum absolute atomic E-state index is 0.406. The van der Waals surface area contributed by atoms with Crippen molar-refractivity contribution in [2.45, 2.75) is 52.4 Å². The van der Waals surface area contributed by atoms with Crippen molar-refractivity contribution in [1.29, 1.82) is 0 Å². The molecule has 1 aliphatic carbocycles. The standard InChI is InChI=1S/C12H24O/c1-10(2)12-8-6-4-3-5-7-11(12)9-13/h10-13H,3-9H2,1-2H3/t11-,12-/m0/s1. The summed E-state index contributed by atoms with van der Waals surface area (Å²) in [5.74, 6) is 2.10. The maximum absolute atomic E-state index is 9.33. The second-order valence-corrected chi connectivity index (χ2v) is 4.84. The zero-order valence-corrected chi connectivity index (χ0v) is 9.13. The Morgan fingerprint density at radius 2 is 1.69 bits per heavy atom. The summed E-state index contributed by atoms with van der Waals surface area (Å²) in [5.41, 5.74) is 0. The first-order chi connectivity index (χ1) is 6.25. The molecule has 78 valence electrons. The summed E-state index contributed by atoms with van der Waals surface area (Å²) in [6.45, 7) is 5.01. The van der Waals surface area contributed by atoms with Gasteiger partial charge in [0.05, 0.1) is 0 Å². The van der Waals surface area contributed by atoms with Crippen molar-refractivity contribution in [2.75, 3.05) is 6.61 Å². The first kappa shape index (κ1) is 11.0.